The minimum Gasteiger partial charge on any atom is -0.442 e. The summed E-state index contributed by atoms with van der Waals surface area (Å²) in [6.45, 7) is 11.3. The summed E-state index contributed by atoms with van der Waals surface area (Å²) >= 11 is 0. The van der Waals surface area contributed by atoms with E-state index >= 15 is 0 Å². The van der Waals surface area contributed by atoms with Gasteiger partial charge in [-0.3, -0.25) is 13.9 Å². The molecular formula is C26H38F3N3O5. The third-order valence-corrected chi connectivity index (χ3v) is 5.48. The van der Waals surface area contributed by atoms with Crippen molar-refractivity contribution in [1.82, 2.24) is 9.13 Å². The van der Waals surface area contributed by atoms with Gasteiger partial charge in [0, 0.05) is 32.2 Å². The Bertz CT molecular complexity index is 1120. The first-order valence-corrected chi connectivity index (χ1v) is 12.4. The van der Waals surface area contributed by atoms with Gasteiger partial charge in [0.2, 0.25) is 0 Å². The molecule has 1 N–H and O–H groups in total. The van der Waals surface area contributed by atoms with Gasteiger partial charge < -0.3 is 14.6 Å². The molecule has 0 amide bonds. The normalized spacial score (nSPS) is 12.7. The van der Waals surface area contributed by atoms with Crippen LogP contribution in [-0.4, -0.2) is 33.1 Å². The Kier molecular flexibility index (Phi) is 12.6. The highest BCUT2D eigenvalue weighted by Crippen LogP contribution is 2.29. The number of alkyl halides is 3. The summed E-state index contributed by atoms with van der Waals surface area (Å²) in [7, 11) is 1.47. The van der Waals surface area contributed by atoms with Gasteiger partial charge in [0.25, 0.3) is 5.56 Å². The molecule has 0 bridgehead atoms. The van der Waals surface area contributed by atoms with Crippen molar-refractivity contribution in [3.8, 4) is 11.5 Å². The maximum Gasteiger partial charge on any atom is 0.573 e. The van der Waals surface area contributed by atoms with Gasteiger partial charge in [0.15, 0.2) is 5.90 Å². The molecule has 0 saturated heterocycles. The molecule has 1 aromatic heterocycles. The minimum absolute atomic E-state index is 0.0468. The lowest BCUT2D eigenvalue weighted by Crippen LogP contribution is -2.40. The Morgan fingerprint density at radius 2 is 1.78 bits per heavy atom. The van der Waals surface area contributed by atoms with Crippen LogP contribution in [0.1, 0.15) is 59.4 Å². The summed E-state index contributed by atoms with van der Waals surface area (Å²) in [6.07, 6.45) is -3.17. The molecule has 1 unspecified atom stereocenters. The van der Waals surface area contributed by atoms with Crippen LogP contribution in [-0.2, 0) is 13.6 Å². The van der Waals surface area contributed by atoms with Gasteiger partial charge in [0.1, 0.15) is 17.3 Å². The highest BCUT2D eigenvalue weighted by Gasteiger charge is 2.31. The van der Waals surface area contributed by atoms with Crippen LogP contribution in [0, 0.1) is 18.8 Å². The maximum atomic E-state index is 12.9. The van der Waals surface area contributed by atoms with E-state index in [1.807, 2.05) is 34.6 Å². The first-order chi connectivity index (χ1) is 17.4. The number of hydrogen-bond donors (Lipinski definition) is 1. The highest BCUT2D eigenvalue weighted by atomic mass is 19.4. The van der Waals surface area contributed by atoms with E-state index in [0.29, 0.717) is 6.42 Å². The molecule has 0 radical (unpaired) electrons. The van der Waals surface area contributed by atoms with E-state index in [0.717, 1.165) is 23.1 Å². The Labute approximate surface area is 215 Å². The predicted molar refractivity (Wildman–Crippen MR) is 138 cm³/mol. The van der Waals surface area contributed by atoms with E-state index in [9.17, 15) is 22.8 Å². The molecule has 2 rings (SSSR count). The third-order valence-electron chi connectivity index (χ3n) is 5.48. The summed E-state index contributed by atoms with van der Waals surface area (Å²) in [5, 5.41) is 9.07. The number of nitrogens with zero attached hydrogens (tertiary/aromatic N) is 3. The average molecular weight is 530 g/mol. The second-order valence-electron chi connectivity index (χ2n) is 8.54. The van der Waals surface area contributed by atoms with Gasteiger partial charge in [-0.1, -0.05) is 47.1 Å². The van der Waals surface area contributed by atoms with Gasteiger partial charge in [-0.15, -0.1) is 13.2 Å². The molecule has 8 nitrogen and oxygen atoms in total. The quantitative estimate of drug-likeness (QED) is 0.331. The number of aliphatic hydroxyl groups excluding tert-OH is 1. The van der Waals surface area contributed by atoms with Crippen LogP contribution in [0.25, 0.3) is 0 Å². The lowest BCUT2D eigenvalue weighted by Gasteiger charge is -2.23. The van der Waals surface area contributed by atoms with Crippen molar-refractivity contribution in [1.29, 1.82) is 0 Å². The van der Waals surface area contributed by atoms with Gasteiger partial charge in [0.05, 0.1) is 5.56 Å². The van der Waals surface area contributed by atoms with Crippen molar-refractivity contribution in [2.45, 2.75) is 73.7 Å². The molecule has 1 atom stereocenters. The van der Waals surface area contributed by atoms with Crippen LogP contribution < -0.4 is 20.7 Å². The van der Waals surface area contributed by atoms with Gasteiger partial charge >= 0.3 is 12.1 Å². The number of rotatable bonds is 10. The van der Waals surface area contributed by atoms with Crippen LogP contribution in [0.15, 0.2) is 38.8 Å². The highest BCUT2D eigenvalue weighted by molar-refractivity contribution is 5.84. The summed E-state index contributed by atoms with van der Waals surface area (Å²) < 4.78 is 50.2. The van der Waals surface area contributed by atoms with Crippen molar-refractivity contribution < 1.29 is 27.8 Å². The number of hydrogen-bond acceptors (Lipinski definition) is 6. The number of halogens is 3. The molecule has 0 saturated carbocycles. The van der Waals surface area contributed by atoms with Gasteiger partial charge in [-0.05, 0) is 37.8 Å². The van der Waals surface area contributed by atoms with Crippen molar-refractivity contribution >= 4 is 11.7 Å². The molecule has 1 heterocycles. The Morgan fingerprint density at radius 3 is 2.32 bits per heavy atom. The summed E-state index contributed by atoms with van der Waals surface area (Å²) in [6, 6.07) is 5.09. The lowest BCUT2D eigenvalue weighted by atomic mass is 9.91. The van der Waals surface area contributed by atoms with Crippen molar-refractivity contribution in [3.63, 3.8) is 0 Å². The summed E-state index contributed by atoms with van der Waals surface area (Å²) in [5.41, 5.74) is -0.916. The lowest BCUT2D eigenvalue weighted by molar-refractivity contribution is -0.274. The van der Waals surface area contributed by atoms with E-state index in [4.69, 9.17) is 9.84 Å². The number of aliphatic hydroxyl groups is 1. The molecule has 0 fully saturated rings. The zero-order chi connectivity index (χ0) is 28.3. The molecular weight excluding hydrogens is 491 g/mol. The molecule has 2 aromatic rings. The third kappa shape index (κ3) is 9.07. The van der Waals surface area contributed by atoms with Gasteiger partial charge in [-0.25, -0.2) is 4.79 Å². The summed E-state index contributed by atoms with van der Waals surface area (Å²) in [4.78, 5) is 30.2. The van der Waals surface area contributed by atoms with E-state index in [2.05, 4.69) is 9.73 Å². The zero-order valence-corrected chi connectivity index (χ0v) is 22.6. The standard InChI is InChI=1S/C24H32F3N3O5.C2H6/c1-6-9-19(15(2)3)21(34-17-10-7-11-18(14-17)35-24(25,26)27)28-20-16(4)22(32)30(12-8-13-31)23(33)29(20)5;1-2/h7,10-11,14-15,19,31H,6,8-9,12-13H2,1-5H3;1-2H3/b28-21+;. The maximum absolute atomic E-state index is 12.9. The van der Waals surface area contributed by atoms with Crippen LogP contribution >= 0.6 is 0 Å². The van der Waals surface area contributed by atoms with Crippen molar-refractivity contribution in [2.75, 3.05) is 6.61 Å². The van der Waals surface area contributed by atoms with E-state index < -0.39 is 23.4 Å². The van der Waals surface area contributed by atoms with Crippen molar-refractivity contribution in [2.24, 2.45) is 23.9 Å². The van der Waals surface area contributed by atoms with Gasteiger partial charge in [-0.2, -0.15) is 4.99 Å². The van der Waals surface area contributed by atoms with Crippen LogP contribution in [0.2, 0.25) is 0 Å². The molecule has 37 heavy (non-hydrogen) atoms. The molecule has 0 aliphatic rings. The molecule has 208 valence electrons. The van der Waals surface area contributed by atoms with Crippen LogP contribution in [0.3, 0.4) is 0 Å². The Hall–Kier alpha value is -3.08. The first-order valence-electron chi connectivity index (χ1n) is 12.4. The fourth-order valence-corrected chi connectivity index (χ4v) is 3.69. The molecule has 1 aromatic carbocycles. The molecule has 0 aliphatic heterocycles. The molecule has 11 heteroatoms. The molecule has 0 aliphatic carbocycles. The predicted octanol–water partition coefficient (Wildman–Crippen LogP) is 5.34. The number of ether oxygens (including phenoxy) is 2. The number of benzene rings is 1. The fraction of sp³-hybridized carbons (Fsp3) is 0.577. The second kappa shape index (κ2) is 14.6. The largest absolute Gasteiger partial charge is 0.573 e. The molecule has 0 spiro atoms. The number of aromatic nitrogens is 2. The Balaban J connectivity index is 0.00000334. The zero-order valence-electron chi connectivity index (χ0n) is 22.6. The van der Waals surface area contributed by atoms with E-state index in [-0.39, 0.29) is 54.4 Å². The minimum atomic E-state index is -4.85. The smallest absolute Gasteiger partial charge is 0.442 e. The number of aliphatic imine (C=N–C) groups is 1. The van der Waals surface area contributed by atoms with Crippen molar-refractivity contribution in [3.05, 3.63) is 50.7 Å². The average Bonchev–Trinajstić information content (AvgIpc) is 2.83. The fourth-order valence-electron chi connectivity index (χ4n) is 3.69. The summed E-state index contributed by atoms with van der Waals surface area (Å²) in [5.74, 6) is -0.285. The second-order valence-corrected chi connectivity index (χ2v) is 8.54. The van der Waals surface area contributed by atoms with Crippen LogP contribution in [0.4, 0.5) is 19.0 Å². The SMILES string of the molecule is CC.CCCC(/C(=N\c1c(C)c(=O)n(CCCO)c(=O)n1C)Oc1cccc(OC(F)(F)F)c1)C(C)C. The van der Waals surface area contributed by atoms with Crippen LogP contribution in [0.5, 0.6) is 11.5 Å². The topological polar surface area (TPSA) is 95.1 Å². The Morgan fingerprint density at radius 1 is 1.16 bits per heavy atom. The first kappa shape index (κ1) is 31.9. The monoisotopic (exact) mass is 529 g/mol. The van der Waals surface area contributed by atoms with E-state index in [1.54, 1.807) is 0 Å². The van der Waals surface area contributed by atoms with E-state index in [1.165, 1.54) is 30.7 Å².